The normalized spacial score (nSPS) is 21.0. The summed E-state index contributed by atoms with van der Waals surface area (Å²) < 4.78 is 92.2. The number of likely N-dealkylation sites (tertiary alicyclic amines) is 1. The van der Waals surface area contributed by atoms with Crippen molar-refractivity contribution in [3.05, 3.63) is 69.9 Å². The molecule has 12 nitrogen and oxygen atoms in total. The Morgan fingerprint density at radius 3 is 2.29 bits per heavy atom. The minimum absolute atomic E-state index is 0.0132. The fourth-order valence-corrected chi connectivity index (χ4v) is 5.71. The van der Waals surface area contributed by atoms with Gasteiger partial charge in [0.25, 0.3) is 11.5 Å². The molecule has 1 amide bonds. The summed E-state index contributed by atoms with van der Waals surface area (Å²) in [7, 11) is 1.47. The fraction of sp³-hybridized carbons (Fsp3) is 0.500. The highest BCUT2D eigenvalue weighted by atomic mass is 19.4. The summed E-state index contributed by atoms with van der Waals surface area (Å²) in [5, 5.41) is 17.4. The summed E-state index contributed by atoms with van der Waals surface area (Å²) in [5.74, 6) is 0.171. The molecule has 0 bridgehead atoms. The topological polar surface area (TPSA) is 135 Å². The molecule has 2 saturated heterocycles. The van der Waals surface area contributed by atoms with Crippen molar-refractivity contribution in [3.63, 3.8) is 0 Å². The molecular weight excluding hydrogens is 652 g/mol. The van der Waals surface area contributed by atoms with Crippen molar-refractivity contribution in [1.29, 1.82) is 0 Å². The van der Waals surface area contributed by atoms with Crippen LogP contribution in [0.15, 0.2) is 47.7 Å². The molecule has 0 aliphatic carbocycles. The molecule has 1 unspecified atom stereocenters. The molecule has 5 rings (SSSR count). The van der Waals surface area contributed by atoms with Gasteiger partial charge in [0.2, 0.25) is 5.95 Å². The molecule has 260 valence electrons. The molecule has 1 aromatic carbocycles. The van der Waals surface area contributed by atoms with Crippen LogP contribution >= 0.6 is 0 Å². The molecule has 2 aliphatic heterocycles. The van der Waals surface area contributed by atoms with Crippen LogP contribution in [0, 0.1) is 0 Å². The van der Waals surface area contributed by atoms with Crippen LogP contribution in [0.25, 0.3) is 0 Å². The summed E-state index contributed by atoms with van der Waals surface area (Å²) in [6, 6.07) is 5.10. The number of nitrogens with one attached hydrogen (secondary N) is 1. The first-order valence-electron chi connectivity index (χ1n) is 15.0. The second kappa shape index (κ2) is 14.0. The summed E-state index contributed by atoms with van der Waals surface area (Å²) in [4.78, 5) is 36.6. The molecular formula is C30H33F6N7O5. The smallest absolute Gasteiger partial charge is 0.423 e. The number of benzene rings is 1. The van der Waals surface area contributed by atoms with Gasteiger partial charge in [0, 0.05) is 44.5 Å². The van der Waals surface area contributed by atoms with Gasteiger partial charge in [-0.05, 0) is 31.0 Å². The van der Waals surface area contributed by atoms with Gasteiger partial charge in [-0.1, -0.05) is 12.1 Å². The second-order valence-electron chi connectivity index (χ2n) is 11.6. The van der Waals surface area contributed by atoms with E-state index >= 15 is 0 Å². The number of anilines is 2. The van der Waals surface area contributed by atoms with Gasteiger partial charge in [-0.25, -0.2) is 14.6 Å². The van der Waals surface area contributed by atoms with E-state index in [4.69, 9.17) is 9.47 Å². The predicted octanol–water partition coefficient (Wildman–Crippen LogP) is 3.19. The lowest BCUT2D eigenvalue weighted by molar-refractivity contribution is -0.141. The lowest BCUT2D eigenvalue weighted by atomic mass is 10.0. The van der Waals surface area contributed by atoms with Gasteiger partial charge in [-0.15, -0.1) is 0 Å². The Labute approximate surface area is 270 Å². The number of carbonyl (C=O) groups is 1. The number of aliphatic hydroxyl groups is 1. The fourth-order valence-electron chi connectivity index (χ4n) is 5.71. The van der Waals surface area contributed by atoms with Crippen LogP contribution in [0.4, 0.5) is 38.0 Å². The molecule has 2 aromatic heterocycles. The number of aromatic nitrogens is 4. The van der Waals surface area contributed by atoms with Crippen LogP contribution < -0.4 is 20.5 Å². The Morgan fingerprint density at radius 2 is 1.69 bits per heavy atom. The van der Waals surface area contributed by atoms with E-state index in [1.54, 1.807) is 24.3 Å². The molecule has 0 saturated carbocycles. The van der Waals surface area contributed by atoms with E-state index in [0.717, 1.165) is 10.9 Å². The SMILES string of the molecule is COc1ccc(Cn2ncc(NC(C)CO[C@@H]3CCN([C@H]4CCN(c5ncc(C(F)(F)F)cn5)C[C@H]4O)C3=O)c(C(F)(F)F)c2=O)cc1. The zero-order valence-corrected chi connectivity index (χ0v) is 25.8. The van der Waals surface area contributed by atoms with Crippen molar-refractivity contribution in [2.75, 3.05) is 43.6 Å². The number of hydrogen-bond donors (Lipinski definition) is 2. The molecule has 2 aliphatic rings. The Bertz CT molecular complexity index is 1640. The summed E-state index contributed by atoms with van der Waals surface area (Å²) in [6.45, 7) is 1.68. The van der Waals surface area contributed by atoms with Crippen molar-refractivity contribution < 1.29 is 45.7 Å². The molecule has 18 heteroatoms. The number of β-amino-alcohol motifs (C(OH)–C–C–N with tert-alkyl or cyclic N) is 1. The van der Waals surface area contributed by atoms with Crippen LogP contribution in [0.5, 0.6) is 5.75 Å². The monoisotopic (exact) mass is 685 g/mol. The molecule has 0 spiro atoms. The van der Waals surface area contributed by atoms with Gasteiger partial charge in [-0.3, -0.25) is 9.59 Å². The lowest BCUT2D eigenvalue weighted by Crippen LogP contribution is -2.55. The zero-order valence-electron chi connectivity index (χ0n) is 25.8. The quantitative estimate of drug-likeness (QED) is 0.307. The maximum atomic E-state index is 14.0. The minimum Gasteiger partial charge on any atom is -0.497 e. The van der Waals surface area contributed by atoms with Crippen LogP contribution in [-0.2, 0) is 28.4 Å². The van der Waals surface area contributed by atoms with E-state index in [1.165, 1.54) is 23.8 Å². The lowest BCUT2D eigenvalue weighted by Gasteiger charge is -2.40. The number of rotatable bonds is 10. The van der Waals surface area contributed by atoms with Crippen LogP contribution in [-0.4, -0.2) is 93.3 Å². The van der Waals surface area contributed by atoms with E-state index in [9.17, 15) is 41.0 Å². The molecule has 4 atom stereocenters. The Hall–Kier alpha value is -4.45. The summed E-state index contributed by atoms with van der Waals surface area (Å²) in [5.41, 5.74) is -3.72. The average Bonchev–Trinajstić information content (AvgIpc) is 3.40. The first kappa shape index (κ1) is 34.9. The number of aliphatic hydroxyl groups excluding tert-OH is 1. The molecule has 0 radical (unpaired) electrons. The van der Waals surface area contributed by atoms with Crippen molar-refractivity contribution in [1.82, 2.24) is 24.6 Å². The highest BCUT2D eigenvalue weighted by Crippen LogP contribution is 2.33. The Balaban J connectivity index is 1.16. The van der Waals surface area contributed by atoms with Crippen LogP contribution in [0.1, 0.15) is 36.5 Å². The Kier molecular flexibility index (Phi) is 10.1. The standard InChI is InChI=1S/C30H33F6N7O5/c1-17(40-21-13-39-43(27(46)25(21)30(34,35)36)14-18-3-5-20(47-2)6-4-18)16-48-24-8-10-42(26(24)45)22-7-9-41(15-23(22)44)28-37-11-19(12-38-28)29(31,32)33/h3-6,11-13,17,22-24,40,44H,7-10,14-16H2,1-2H3/t17?,22-,23+,24+/m0/s1. The molecule has 3 aromatic rings. The van der Waals surface area contributed by atoms with Gasteiger partial charge in [0.15, 0.2) is 0 Å². The average molecular weight is 686 g/mol. The van der Waals surface area contributed by atoms with E-state index in [1.807, 2.05) is 0 Å². The molecule has 4 heterocycles. The van der Waals surface area contributed by atoms with E-state index in [-0.39, 0.29) is 45.2 Å². The molecule has 2 fully saturated rings. The molecule has 48 heavy (non-hydrogen) atoms. The van der Waals surface area contributed by atoms with Gasteiger partial charge >= 0.3 is 12.4 Å². The van der Waals surface area contributed by atoms with Crippen molar-refractivity contribution >= 4 is 17.5 Å². The number of piperidine rings is 1. The third-order valence-electron chi connectivity index (χ3n) is 8.15. The van der Waals surface area contributed by atoms with Crippen molar-refractivity contribution in [2.24, 2.45) is 0 Å². The highest BCUT2D eigenvalue weighted by molar-refractivity contribution is 5.83. The third-order valence-corrected chi connectivity index (χ3v) is 8.15. The number of nitrogens with zero attached hydrogens (tertiary/aromatic N) is 6. The van der Waals surface area contributed by atoms with Crippen molar-refractivity contribution in [3.8, 4) is 5.75 Å². The van der Waals surface area contributed by atoms with Crippen LogP contribution in [0.3, 0.4) is 0 Å². The largest absolute Gasteiger partial charge is 0.497 e. The number of carbonyl (C=O) groups excluding carboxylic acids is 1. The number of halogens is 6. The summed E-state index contributed by atoms with van der Waals surface area (Å²) in [6.07, 6.45) is -8.69. The third kappa shape index (κ3) is 7.81. The summed E-state index contributed by atoms with van der Waals surface area (Å²) >= 11 is 0. The first-order valence-corrected chi connectivity index (χ1v) is 15.0. The Morgan fingerprint density at radius 1 is 1.00 bits per heavy atom. The molecule has 2 N–H and O–H groups in total. The van der Waals surface area contributed by atoms with E-state index in [0.29, 0.717) is 30.1 Å². The van der Waals surface area contributed by atoms with E-state index < -0.39 is 64.9 Å². The number of methoxy groups -OCH3 is 1. The van der Waals surface area contributed by atoms with Gasteiger partial charge < -0.3 is 29.7 Å². The minimum atomic E-state index is -4.98. The maximum absolute atomic E-state index is 14.0. The second-order valence-corrected chi connectivity index (χ2v) is 11.6. The van der Waals surface area contributed by atoms with Crippen LogP contribution in [0.2, 0.25) is 0 Å². The van der Waals surface area contributed by atoms with Gasteiger partial charge in [-0.2, -0.15) is 31.4 Å². The van der Waals surface area contributed by atoms with Gasteiger partial charge in [0.1, 0.15) is 17.4 Å². The number of amides is 1. The number of ether oxygens (including phenoxy) is 2. The first-order chi connectivity index (χ1) is 22.7. The maximum Gasteiger partial charge on any atom is 0.423 e. The number of alkyl halides is 6. The number of hydrogen-bond acceptors (Lipinski definition) is 10. The highest BCUT2D eigenvalue weighted by Gasteiger charge is 2.42. The van der Waals surface area contributed by atoms with Gasteiger partial charge in [0.05, 0.1) is 49.9 Å². The van der Waals surface area contributed by atoms with Crippen molar-refractivity contribution in [2.45, 2.75) is 63.0 Å². The zero-order chi connectivity index (χ0) is 34.8. The van der Waals surface area contributed by atoms with E-state index in [2.05, 4.69) is 20.4 Å². The predicted molar refractivity (Wildman–Crippen MR) is 158 cm³/mol.